The molecule has 0 spiro atoms. The van der Waals surface area contributed by atoms with Crippen molar-refractivity contribution < 1.29 is 4.79 Å². The average Bonchev–Trinajstić information content (AvgIpc) is 3.10. The van der Waals surface area contributed by atoms with Crippen molar-refractivity contribution >= 4 is 29.3 Å². The standard InChI is InChI=1S/C20H26ClN5OS/c1-3-4-5-6-14-26-19(16-8-10-17(21)11-9-16)23-24-20(26)28-15-18(27)25(2)13-7-12-22/h8-11H,3-7,13-15H2,1-2H3. The zero-order valence-electron chi connectivity index (χ0n) is 16.4. The highest BCUT2D eigenvalue weighted by Crippen LogP contribution is 2.26. The summed E-state index contributed by atoms with van der Waals surface area (Å²) in [6, 6.07) is 9.61. The van der Waals surface area contributed by atoms with E-state index in [0.717, 1.165) is 35.9 Å². The molecule has 8 heteroatoms. The van der Waals surface area contributed by atoms with Crippen LogP contribution in [0.1, 0.15) is 39.0 Å². The Balaban J connectivity index is 2.12. The average molecular weight is 420 g/mol. The fourth-order valence-corrected chi connectivity index (χ4v) is 3.72. The molecule has 0 N–H and O–H groups in total. The fourth-order valence-electron chi connectivity index (χ4n) is 2.69. The van der Waals surface area contributed by atoms with Crippen LogP contribution in [0.25, 0.3) is 11.4 Å². The van der Waals surface area contributed by atoms with Crippen LogP contribution in [0.15, 0.2) is 29.4 Å². The van der Waals surface area contributed by atoms with Gasteiger partial charge in [-0.15, -0.1) is 10.2 Å². The summed E-state index contributed by atoms with van der Waals surface area (Å²) in [6.07, 6.45) is 4.90. The Bertz CT molecular complexity index is 800. The van der Waals surface area contributed by atoms with E-state index in [2.05, 4.69) is 27.8 Å². The number of carbonyl (C=O) groups is 1. The molecular weight excluding hydrogens is 394 g/mol. The lowest BCUT2D eigenvalue weighted by Gasteiger charge is -2.15. The molecule has 1 aromatic carbocycles. The van der Waals surface area contributed by atoms with E-state index >= 15 is 0 Å². The Morgan fingerprint density at radius 3 is 2.68 bits per heavy atom. The molecule has 1 heterocycles. The van der Waals surface area contributed by atoms with Crippen molar-refractivity contribution in [2.75, 3.05) is 19.3 Å². The molecule has 1 amide bonds. The van der Waals surface area contributed by atoms with Gasteiger partial charge in [0.1, 0.15) is 0 Å². The van der Waals surface area contributed by atoms with Crippen LogP contribution in [-0.2, 0) is 11.3 Å². The smallest absolute Gasteiger partial charge is 0.232 e. The number of aromatic nitrogens is 3. The lowest BCUT2D eigenvalue weighted by atomic mass is 10.2. The second-order valence-electron chi connectivity index (χ2n) is 6.54. The topological polar surface area (TPSA) is 74.8 Å². The number of carbonyl (C=O) groups excluding carboxylic acids is 1. The summed E-state index contributed by atoms with van der Waals surface area (Å²) in [5, 5.41) is 18.8. The summed E-state index contributed by atoms with van der Waals surface area (Å²) in [4.78, 5) is 13.9. The van der Waals surface area contributed by atoms with Crippen LogP contribution in [0.4, 0.5) is 0 Å². The molecule has 0 radical (unpaired) electrons. The van der Waals surface area contributed by atoms with Crippen LogP contribution in [0, 0.1) is 11.3 Å². The van der Waals surface area contributed by atoms with Crippen LogP contribution in [0.2, 0.25) is 5.02 Å². The minimum atomic E-state index is -0.0196. The van der Waals surface area contributed by atoms with E-state index in [4.69, 9.17) is 16.9 Å². The van der Waals surface area contributed by atoms with Gasteiger partial charge in [-0.2, -0.15) is 5.26 Å². The predicted molar refractivity (Wildman–Crippen MR) is 113 cm³/mol. The van der Waals surface area contributed by atoms with E-state index in [1.807, 2.05) is 24.3 Å². The Morgan fingerprint density at radius 2 is 2.00 bits per heavy atom. The minimum absolute atomic E-state index is 0.0196. The molecule has 0 atom stereocenters. The SMILES string of the molecule is CCCCCCn1c(SCC(=O)N(C)CCC#N)nnc1-c1ccc(Cl)cc1. The van der Waals surface area contributed by atoms with Crippen molar-refractivity contribution in [2.45, 2.75) is 50.7 Å². The Kier molecular flexibility index (Phi) is 9.32. The van der Waals surface area contributed by atoms with Gasteiger partial charge in [-0.3, -0.25) is 4.79 Å². The van der Waals surface area contributed by atoms with Gasteiger partial charge in [0.25, 0.3) is 0 Å². The van der Waals surface area contributed by atoms with Gasteiger partial charge >= 0.3 is 0 Å². The molecule has 0 fully saturated rings. The highest BCUT2D eigenvalue weighted by molar-refractivity contribution is 7.99. The normalized spacial score (nSPS) is 10.6. The van der Waals surface area contributed by atoms with Gasteiger partial charge in [0.2, 0.25) is 5.91 Å². The van der Waals surface area contributed by atoms with Crippen LogP contribution in [0.3, 0.4) is 0 Å². The maximum Gasteiger partial charge on any atom is 0.232 e. The summed E-state index contributed by atoms with van der Waals surface area (Å²) >= 11 is 7.39. The molecular formula is C20H26ClN5OS. The Morgan fingerprint density at radius 1 is 1.25 bits per heavy atom. The number of thioether (sulfide) groups is 1. The van der Waals surface area contributed by atoms with Gasteiger partial charge < -0.3 is 9.47 Å². The second kappa shape index (κ2) is 11.7. The molecule has 2 rings (SSSR count). The van der Waals surface area contributed by atoms with E-state index in [1.54, 1.807) is 11.9 Å². The van der Waals surface area contributed by atoms with Crippen molar-refractivity contribution in [2.24, 2.45) is 0 Å². The first-order valence-corrected chi connectivity index (χ1v) is 10.9. The van der Waals surface area contributed by atoms with Gasteiger partial charge in [-0.05, 0) is 30.7 Å². The van der Waals surface area contributed by atoms with Crippen molar-refractivity contribution in [3.05, 3.63) is 29.3 Å². The maximum absolute atomic E-state index is 12.3. The zero-order chi connectivity index (χ0) is 20.4. The Labute approximate surface area is 175 Å². The number of hydrogen-bond acceptors (Lipinski definition) is 5. The molecule has 1 aromatic heterocycles. The van der Waals surface area contributed by atoms with Crippen LogP contribution >= 0.6 is 23.4 Å². The molecule has 6 nitrogen and oxygen atoms in total. The third-order valence-electron chi connectivity index (χ3n) is 4.36. The number of unbranched alkanes of at least 4 members (excludes halogenated alkanes) is 3. The number of nitrogens with zero attached hydrogens (tertiary/aromatic N) is 5. The minimum Gasteiger partial charge on any atom is -0.344 e. The van der Waals surface area contributed by atoms with Crippen molar-refractivity contribution in [3.63, 3.8) is 0 Å². The molecule has 2 aromatic rings. The summed E-state index contributed by atoms with van der Waals surface area (Å²) < 4.78 is 2.09. The van der Waals surface area contributed by atoms with E-state index in [9.17, 15) is 4.79 Å². The van der Waals surface area contributed by atoms with E-state index in [0.29, 0.717) is 18.0 Å². The first-order valence-electron chi connectivity index (χ1n) is 9.49. The molecule has 0 aliphatic rings. The van der Waals surface area contributed by atoms with Crippen molar-refractivity contribution in [3.8, 4) is 17.5 Å². The quantitative estimate of drug-likeness (QED) is 0.391. The summed E-state index contributed by atoms with van der Waals surface area (Å²) in [5.41, 5.74) is 0.955. The third-order valence-corrected chi connectivity index (χ3v) is 5.57. The number of benzene rings is 1. The van der Waals surface area contributed by atoms with E-state index in [-0.39, 0.29) is 11.7 Å². The first kappa shape index (κ1) is 22.3. The van der Waals surface area contributed by atoms with E-state index < -0.39 is 0 Å². The zero-order valence-corrected chi connectivity index (χ0v) is 18.0. The number of rotatable bonds is 11. The maximum atomic E-state index is 12.3. The first-order chi connectivity index (χ1) is 13.6. The Hall–Kier alpha value is -2.04. The predicted octanol–water partition coefficient (Wildman–Crippen LogP) is 4.64. The summed E-state index contributed by atoms with van der Waals surface area (Å²) in [6.45, 7) is 3.44. The highest BCUT2D eigenvalue weighted by atomic mass is 35.5. The molecule has 0 saturated carbocycles. The van der Waals surface area contributed by atoms with Crippen molar-refractivity contribution in [1.29, 1.82) is 5.26 Å². The molecule has 0 aliphatic carbocycles. The van der Waals surface area contributed by atoms with Crippen LogP contribution in [0.5, 0.6) is 0 Å². The lowest BCUT2D eigenvalue weighted by Crippen LogP contribution is -2.29. The monoisotopic (exact) mass is 419 g/mol. The second-order valence-corrected chi connectivity index (χ2v) is 7.92. The molecule has 28 heavy (non-hydrogen) atoms. The van der Waals surface area contributed by atoms with E-state index in [1.165, 1.54) is 24.6 Å². The molecule has 0 saturated heterocycles. The highest BCUT2D eigenvalue weighted by Gasteiger charge is 2.17. The molecule has 0 unspecified atom stereocenters. The number of hydrogen-bond donors (Lipinski definition) is 0. The molecule has 150 valence electrons. The number of nitriles is 1. The largest absolute Gasteiger partial charge is 0.344 e. The van der Waals surface area contributed by atoms with Crippen molar-refractivity contribution in [1.82, 2.24) is 19.7 Å². The van der Waals surface area contributed by atoms with Gasteiger partial charge in [-0.1, -0.05) is 49.5 Å². The molecule has 0 bridgehead atoms. The summed E-state index contributed by atoms with van der Waals surface area (Å²) in [7, 11) is 1.72. The van der Waals surface area contributed by atoms with Gasteiger partial charge in [0.15, 0.2) is 11.0 Å². The fraction of sp³-hybridized carbons (Fsp3) is 0.500. The van der Waals surface area contributed by atoms with Crippen LogP contribution < -0.4 is 0 Å². The summed E-state index contributed by atoms with van der Waals surface area (Å²) in [5.74, 6) is 1.05. The van der Waals surface area contributed by atoms with Gasteiger partial charge in [-0.25, -0.2) is 0 Å². The van der Waals surface area contributed by atoms with Gasteiger partial charge in [0.05, 0.1) is 18.2 Å². The van der Waals surface area contributed by atoms with Gasteiger partial charge in [0, 0.05) is 30.7 Å². The third kappa shape index (κ3) is 6.54. The van der Waals surface area contributed by atoms with Crippen LogP contribution in [-0.4, -0.2) is 44.9 Å². The molecule has 0 aliphatic heterocycles. The number of amides is 1. The number of halogens is 1. The lowest BCUT2D eigenvalue weighted by molar-refractivity contribution is -0.127.